The smallest absolute Gasteiger partial charge is 0.337 e. The number of carboxylic acids is 1. The number of carbonyl (C=O) groups excluding carboxylic acids is 1. The van der Waals surface area contributed by atoms with Gasteiger partial charge in [0.05, 0.1) is 16.1 Å². The molecular formula is C14H10Cl2N2O4. The number of aromatic nitrogens is 1. The molecule has 8 heteroatoms. The van der Waals surface area contributed by atoms with E-state index >= 15 is 0 Å². The molecule has 1 aromatic heterocycles. The molecule has 3 N–H and O–H groups in total. The van der Waals surface area contributed by atoms with Gasteiger partial charge in [-0.05, 0) is 23.8 Å². The number of benzene rings is 1. The van der Waals surface area contributed by atoms with Gasteiger partial charge in [-0.2, -0.15) is 0 Å². The first-order chi connectivity index (χ1) is 10.4. The fraction of sp³-hybridized carbons (Fsp3) is 0.0714. The monoisotopic (exact) mass is 340 g/mol. The van der Waals surface area contributed by atoms with Gasteiger partial charge >= 0.3 is 5.97 Å². The molecule has 0 aliphatic rings. The van der Waals surface area contributed by atoms with Crippen LogP contribution in [0.5, 0.6) is 5.75 Å². The molecule has 0 radical (unpaired) electrons. The number of pyridine rings is 1. The van der Waals surface area contributed by atoms with Crippen molar-refractivity contribution in [2.45, 2.75) is 6.54 Å². The molecule has 2 rings (SSSR count). The number of phenols is 1. The SMILES string of the molecule is O=C(O)c1cncc(CNC(=O)c2cc(Cl)cc(Cl)c2O)c1. The molecule has 0 atom stereocenters. The molecule has 0 fully saturated rings. The van der Waals surface area contributed by atoms with E-state index in [1.165, 1.54) is 30.6 Å². The van der Waals surface area contributed by atoms with E-state index in [0.29, 0.717) is 5.56 Å². The third-order valence-electron chi connectivity index (χ3n) is 2.77. The molecule has 0 aliphatic heterocycles. The van der Waals surface area contributed by atoms with Crippen molar-refractivity contribution >= 4 is 35.1 Å². The van der Waals surface area contributed by atoms with E-state index in [-0.39, 0.29) is 33.5 Å². The molecule has 0 saturated carbocycles. The summed E-state index contributed by atoms with van der Waals surface area (Å²) in [6.45, 7) is 0.0382. The zero-order chi connectivity index (χ0) is 16.3. The van der Waals surface area contributed by atoms with Gasteiger partial charge in [-0.25, -0.2) is 4.79 Å². The number of phenolic OH excluding ortho intramolecular Hbond substituents is 1. The number of hydrogen-bond acceptors (Lipinski definition) is 4. The summed E-state index contributed by atoms with van der Waals surface area (Å²) in [7, 11) is 0. The summed E-state index contributed by atoms with van der Waals surface area (Å²) in [6.07, 6.45) is 2.63. The Labute approximate surface area is 135 Å². The van der Waals surface area contributed by atoms with Crippen LogP contribution in [0.15, 0.2) is 30.6 Å². The fourth-order valence-electron chi connectivity index (χ4n) is 1.72. The number of carboxylic acid groups (broad SMARTS) is 1. The zero-order valence-corrected chi connectivity index (χ0v) is 12.5. The van der Waals surface area contributed by atoms with Crippen molar-refractivity contribution < 1.29 is 19.8 Å². The van der Waals surface area contributed by atoms with E-state index in [9.17, 15) is 14.7 Å². The van der Waals surface area contributed by atoms with Crippen LogP contribution in [-0.4, -0.2) is 27.1 Å². The lowest BCUT2D eigenvalue weighted by Crippen LogP contribution is -2.23. The Morgan fingerprint density at radius 2 is 1.91 bits per heavy atom. The van der Waals surface area contributed by atoms with Gasteiger partial charge < -0.3 is 15.5 Å². The summed E-state index contributed by atoms with van der Waals surface area (Å²) in [5, 5.41) is 21.3. The van der Waals surface area contributed by atoms with E-state index in [1.807, 2.05) is 0 Å². The predicted molar refractivity (Wildman–Crippen MR) is 80.5 cm³/mol. The summed E-state index contributed by atoms with van der Waals surface area (Å²) >= 11 is 11.5. The maximum absolute atomic E-state index is 12.0. The highest BCUT2D eigenvalue weighted by atomic mass is 35.5. The summed E-state index contributed by atoms with van der Waals surface area (Å²) < 4.78 is 0. The number of carbonyl (C=O) groups is 2. The molecule has 114 valence electrons. The molecule has 0 aliphatic carbocycles. The highest BCUT2D eigenvalue weighted by Gasteiger charge is 2.15. The number of halogens is 2. The lowest BCUT2D eigenvalue weighted by Gasteiger charge is -2.09. The highest BCUT2D eigenvalue weighted by Crippen LogP contribution is 2.31. The van der Waals surface area contributed by atoms with Crippen molar-refractivity contribution in [1.82, 2.24) is 10.3 Å². The third-order valence-corrected chi connectivity index (χ3v) is 3.27. The molecule has 0 bridgehead atoms. The van der Waals surface area contributed by atoms with Gasteiger partial charge in [0.2, 0.25) is 0 Å². The van der Waals surface area contributed by atoms with Crippen molar-refractivity contribution in [3.8, 4) is 5.75 Å². The molecule has 0 saturated heterocycles. The van der Waals surface area contributed by atoms with Gasteiger partial charge in [0.15, 0.2) is 0 Å². The van der Waals surface area contributed by atoms with Gasteiger partial charge in [-0.1, -0.05) is 23.2 Å². The number of aromatic carboxylic acids is 1. The Balaban J connectivity index is 2.14. The van der Waals surface area contributed by atoms with Crippen LogP contribution in [0.1, 0.15) is 26.3 Å². The Morgan fingerprint density at radius 1 is 1.18 bits per heavy atom. The van der Waals surface area contributed by atoms with Crippen LogP contribution in [0.4, 0.5) is 0 Å². The second-order valence-electron chi connectivity index (χ2n) is 4.35. The molecule has 0 spiro atoms. The number of rotatable bonds is 4. The van der Waals surface area contributed by atoms with Crippen LogP contribution in [0.2, 0.25) is 10.0 Å². The zero-order valence-electron chi connectivity index (χ0n) is 11.0. The first-order valence-electron chi connectivity index (χ1n) is 6.02. The second kappa shape index (κ2) is 6.64. The largest absolute Gasteiger partial charge is 0.506 e. The number of nitrogens with one attached hydrogen (secondary N) is 1. The summed E-state index contributed by atoms with van der Waals surface area (Å²) in [5.41, 5.74) is 0.445. The first-order valence-corrected chi connectivity index (χ1v) is 6.77. The van der Waals surface area contributed by atoms with E-state index < -0.39 is 11.9 Å². The molecular weight excluding hydrogens is 331 g/mol. The molecule has 22 heavy (non-hydrogen) atoms. The van der Waals surface area contributed by atoms with Crippen molar-refractivity contribution in [2.24, 2.45) is 0 Å². The standard InChI is InChI=1S/C14H10Cl2N2O4/c15-9-2-10(12(19)11(16)3-9)13(20)18-5-7-1-8(14(21)22)6-17-4-7/h1-4,6,19H,5H2,(H,18,20)(H,21,22). The Morgan fingerprint density at radius 3 is 2.59 bits per heavy atom. The molecule has 6 nitrogen and oxygen atoms in total. The summed E-state index contributed by atoms with van der Waals surface area (Å²) in [4.78, 5) is 26.7. The van der Waals surface area contributed by atoms with Gasteiger partial charge in [-0.15, -0.1) is 0 Å². The van der Waals surface area contributed by atoms with Crippen molar-refractivity contribution in [2.75, 3.05) is 0 Å². The molecule has 1 amide bonds. The Kier molecular flexibility index (Phi) is 4.85. The van der Waals surface area contributed by atoms with Crippen molar-refractivity contribution in [1.29, 1.82) is 0 Å². The van der Waals surface area contributed by atoms with Gasteiger partial charge in [0.25, 0.3) is 5.91 Å². The minimum absolute atomic E-state index is 0.0143. The van der Waals surface area contributed by atoms with Gasteiger partial charge in [0, 0.05) is 24.0 Å². The average molecular weight is 341 g/mol. The van der Waals surface area contributed by atoms with E-state index in [4.69, 9.17) is 28.3 Å². The first kappa shape index (κ1) is 16.1. The number of nitrogens with zero attached hydrogens (tertiary/aromatic N) is 1. The molecule has 1 heterocycles. The molecule has 1 aromatic carbocycles. The minimum Gasteiger partial charge on any atom is -0.506 e. The van der Waals surface area contributed by atoms with Crippen LogP contribution in [0, 0.1) is 0 Å². The normalized spacial score (nSPS) is 10.3. The number of hydrogen-bond donors (Lipinski definition) is 3. The summed E-state index contributed by atoms with van der Waals surface area (Å²) in [6, 6.07) is 3.99. The Hall–Kier alpha value is -2.31. The Bertz CT molecular complexity index is 750. The van der Waals surface area contributed by atoms with E-state index in [0.717, 1.165) is 0 Å². The topological polar surface area (TPSA) is 99.5 Å². The second-order valence-corrected chi connectivity index (χ2v) is 5.20. The fourth-order valence-corrected chi connectivity index (χ4v) is 2.21. The van der Waals surface area contributed by atoms with E-state index in [2.05, 4.69) is 10.3 Å². The van der Waals surface area contributed by atoms with Gasteiger partial charge in [0.1, 0.15) is 5.75 Å². The van der Waals surface area contributed by atoms with Crippen molar-refractivity contribution in [3.05, 3.63) is 57.3 Å². The summed E-state index contributed by atoms with van der Waals surface area (Å²) in [5.74, 6) is -2.08. The highest BCUT2D eigenvalue weighted by molar-refractivity contribution is 6.36. The van der Waals surface area contributed by atoms with Crippen LogP contribution in [0.3, 0.4) is 0 Å². The van der Waals surface area contributed by atoms with Crippen LogP contribution in [-0.2, 0) is 6.54 Å². The number of aromatic hydroxyl groups is 1. The average Bonchev–Trinajstić information content (AvgIpc) is 2.48. The predicted octanol–water partition coefficient (Wildman–Crippen LogP) is 2.72. The lowest BCUT2D eigenvalue weighted by molar-refractivity contribution is 0.0696. The van der Waals surface area contributed by atoms with Crippen molar-refractivity contribution in [3.63, 3.8) is 0 Å². The quantitative estimate of drug-likeness (QED) is 0.794. The number of amides is 1. The van der Waals surface area contributed by atoms with Crippen LogP contribution < -0.4 is 5.32 Å². The lowest BCUT2D eigenvalue weighted by atomic mass is 10.1. The third kappa shape index (κ3) is 3.66. The van der Waals surface area contributed by atoms with Crippen LogP contribution in [0.25, 0.3) is 0 Å². The van der Waals surface area contributed by atoms with Crippen LogP contribution >= 0.6 is 23.2 Å². The maximum atomic E-state index is 12.0. The minimum atomic E-state index is -1.11. The van der Waals surface area contributed by atoms with Gasteiger partial charge in [-0.3, -0.25) is 9.78 Å². The molecule has 0 unspecified atom stereocenters. The van der Waals surface area contributed by atoms with E-state index in [1.54, 1.807) is 0 Å². The maximum Gasteiger partial charge on any atom is 0.337 e. The molecule has 2 aromatic rings.